The second-order valence-electron chi connectivity index (χ2n) is 6.75. The molecular formula is C15H28ClNO4. The van der Waals surface area contributed by atoms with Crippen LogP contribution < -0.4 is 5.11 Å². The molecule has 1 atom stereocenters. The third-order valence-electron chi connectivity index (χ3n) is 3.38. The minimum atomic E-state index is -1.20. The lowest BCUT2D eigenvalue weighted by Gasteiger charge is -2.26. The summed E-state index contributed by atoms with van der Waals surface area (Å²) in [7, 11) is 5.66. The van der Waals surface area contributed by atoms with Crippen molar-refractivity contribution in [3.05, 3.63) is 0 Å². The fourth-order valence-electron chi connectivity index (χ4n) is 2.51. The Labute approximate surface area is 132 Å². The summed E-state index contributed by atoms with van der Waals surface area (Å²) in [6, 6.07) is 0. The topological polar surface area (TPSA) is 77.4 Å². The van der Waals surface area contributed by atoms with Gasteiger partial charge in [0.1, 0.15) is 12.6 Å². The number of quaternary nitrogens is 1. The lowest BCUT2D eigenvalue weighted by Crippen LogP contribution is -2.43. The normalized spacial score (nSPS) is 17.0. The molecule has 5 nitrogen and oxygen atoms in total. The number of aliphatic carboxylic acids is 1. The molecule has 0 aromatic carbocycles. The van der Waals surface area contributed by atoms with Gasteiger partial charge in [-0.1, -0.05) is 25.7 Å². The maximum absolute atomic E-state index is 10.4. The summed E-state index contributed by atoms with van der Waals surface area (Å²) in [4.78, 5) is 20.4. The summed E-state index contributed by atoms with van der Waals surface area (Å²) in [5, 5.41) is 19.0. The van der Waals surface area contributed by atoms with Crippen molar-refractivity contribution in [1.29, 1.82) is 0 Å². The van der Waals surface area contributed by atoms with Gasteiger partial charge in [-0.2, -0.15) is 0 Å². The number of nitrogens with zero attached hydrogens (tertiary/aromatic N) is 1. The van der Waals surface area contributed by atoms with E-state index in [9.17, 15) is 14.7 Å². The number of rotatable bonds is 7. The summed E-state index contributed by atoms with van der Waals surface area (Å²) >= 11 is 5.22. The van der Waals surface area contributed by atoms with Crippen molar-refractivity contribution < 1.29 is 24.3 Å². The first kappa shape index (κ1) is 20.3. The van der Waals surface area contributed by atoms with E-state index in [1.807, 2.05) is 21.1 Å². The molecule has 0 aromatic heterocycles. The van der Waals surface area contributed by atoms with E-state index in [0.29, 0.717) is 17.4 Å². The molecule has 21 heavy (non-hydrogen) atoms. The van der Waals surface area contributed by atoms with Crippen LogP contribution in [0.4, 0.5) is 0 Å². The molecule has 6 heteroatoms. The first-order valence-electron chi connectivity index (χ1n) is 7.47. The van der Waals surface area contributed by atoms with Crippen molar-refractivity contribution in [2.45, 2.75) is 51.0 Å². The average molecular weight is 322 g/mol. The van der Waals surface area contributed by atoms with Crippen LogP contribution in [0.2, 0.25) is 0 Å². The van der Waals surface area contributed by atoms with E-state index in [-0.39, 0.29) is 11.7 Å². The fourth-order valence-corrected chi connectivity index (χ4v) is 2.61. The number of carboxylic acid groups (broad SMARTS) is 1. The van der Waals surface area contributed by atoms with Crippen LogP contribution in [0.1, 0.15) is 44.9 Å². The third kappa shape index (κ3) is 14.1. The third-order valence-corrected chi connectivity index (χ3v) is 3.57. The van der Waals surface area contributed by atoms with E-state index in [2.05, 4.69) is 0 Å². The second-order valence-corrected chi connectivity index (χ2v) is 7.17. The van der Waals surface area contributed by atoms with Crippen LogP contribution in [0.15, 0.2) is 0 Å². The number of hydrogen-bond acceptors (Lipinski definition) is 4. The Hall–Kier alpha value is -0.650. The molecule has 1 aliphatic rings. The largest absolute Gasteiger partial charge is 0.550 e. The quantitative estimate of drug-likeness (QED) is 0.558. The molecule has 0 amide bonds. The lowest BCUT2D eigenvalue weighted by atomic mass is 10.0. The van der Waals surface area contributed by atoms with Gasteiger partial charge in [-0.25, -0.2) is 0 Å². The Balaban J connectivity index is 0.000000382. The van der Waals surface area contributed by atoms with Gasteiger partial charge in [-0.05, 0) is 23.9 Å². The highest BCUT2D eigenvalue weighted by molar-refractivity contribution is 6.63. The number of carbonyl (C=O) groups is 2. The van der Waals surface area contributed by atoms with Crippen molar-refractivity contribution in [2.24, 2.45) is 5.92 Å². The highest BCUT2D eigenvalue weighted by atomic mass is 35.5. The SMILES string of the molecule is C[N+](C)(C)CC(O)CC(=O)[O-].O=C(Cl)CCC1CCCC1. The zero-order valence-corrected chi connectivity index (χ0v) is 14.1. The van der Waals surface area contributed by atoms with E-state index >= 15 is 0 Å². The summed E-state index contributed by atoms with van der Waals surface area (Å²) < 4.78 is 0.550. The zero-order valence-electron chi connectivity index (χ0n) is 13.3. The lowest BCUT2D eigenvalue weighted by molar-refractivity contribution is -0.873. The van der Waals surface area contributed by atoms with Crippen LogP contribution >= 0.6 is 11.6 Å². The molecule has 0 spiro atoms. The van der Waals surface area contributed by atoms with Crippen LogP contribution in [0, 0.1) is 5.92 Å². The Bertz CT molecular complexity index is 322. The highest BCUT2D eigenvalue weighted by Gasteiger charge is 2.15. The first-order chi connectivity index (χ1) is 9.60. The number of carbonyl (C=O) groups excluding carboxylic acids is 2. The van der Waals surface area contributed by atoms with Crippen molar-refractivity contribution >= 4 is 22.8 Å². The minimum Gasteiger partial charge on any atom is -0.550 e. The molecule has 1 unspecified atom stereocenters. The summed E-state index contributed by atoms with van der Waals surface area (Å²) in [6.45, 7) is 0.425. The summed E-state index contributed by atoms with van der Waals surface area (Å²) in [5.74, 6) is -0.409. The number of hydrogen-bond donors (Lipinski definition) is 1. The van der Waals surface area contributed by atoms with Gasteiger partial charge in [0, 0.05) is 18.8 Å². The van der Waals surface area contributed by atoms with Gasteiger partial charge in [0.15, 0.2) is 0 Å². The van der Waals surface area contributed by atoms with Crippen LogP contribution in [0.25, 0.3) is 0 Å². The molecule has 0 saturated heterocycles. The number of carboxylic acids is 1. The maximum Gasteiger partial charge on any atom is 0.221 e. The standard InChI is InChI=1S/C8H13ClO.C7H15NO3/c9-8(10)6-5-7-3-1-2-4-7;1-8(2,3)5-6(9)4-7(10)11/h7H,1-6H2;6,9H,4-5H2,1-3H3. The number of halogens is 1. The van der Waals surface area contributed by atoms with E-state index in [1.165, 1.54) is 25.7 Å². The highest BCUT2D eigenvalue weighted by Crippen LogP contribution is 2.28. The number of aliphatic hydroxyl groups is 1. The van der Waals surface area contributed by atoms with E-state index < -0.39 is 12.1 Å². The zero-order chi connectivity index (χ0) is 16.5. The van der Waals surface area contributed by atoms with Crippen LogP contribution in [-0.4, -0.2) is 54.6 Å². The van der Waals surface area contributed by atoms with E-state index in [4.69, 9.17) is 16.7 Å². The average Bonchev–Trinajstić information content (AvgIpc) is 2.75. The van der Waals surface area contributed by atoms with Crippen molar-refractivity contribution in [1.82, 2.24) is 0 Å². The van der Waals surface area contributed by atoms with Crippen LogP contribution in [0.3, 0.4) is 0 Å². The molecule has 0 aliphatic heterocycles. The molecule has 1 fully saturated rings. The maximum atomic E-state index is 10.4. The Morgan fingerprint density at radius 2 is 1.81 bits per heavy atom. The summed E-state index contributed by atoms with van der Waals surface area (Å²) in [6.07, 6.45) is 5.82. The van der Waals surface area contributed by atoms with Crippen molar-refractivity contribution in [2.75, 3.05) is 27.7 Å². The molecule has 1 saturated carbocycles. The monoisotopic (exact) mass is 321 g/mol. The van der Waals surface area contributed by atoms with Gasteiger partial charge in [0.05, 0.1) is 21.1 Å². The van der Waals surface area contributed by atoms with Gasteiger partial charge in [-0.3, -0.25) is 4.79 Å². The van der Waals surface area contributed by atoms with Crippen LogP contribution in [0.5, 0.6) is 0 Å². The number of aliphatic hydroxyl groups excluding tert-OH is 1. The Morgan fingerprint density at radius 1 is 1.29 bits per heavy atom. The van der Waals surface area contributed by atoms with Gasteiger partial charge in [0.25, 0.3) is 0 Å². The number of likely N-dealkylation sites (N-methyl/N-ethyl adjacent to an activating group) is 1. The molecule has 0 bridgehead atoms. The van der Waals surface area contributed by atoms with Gasteiger partial charge in [-0.15, -0.1) is 0 Å². The molecule has 0 radical (unpaired) electrons. The predicted molar refractivity (Wildman–Crippen MR) is 80.6 cm³/mol. The minimum absolute atomic E-state index is 0.174. The van der Waals surface area contributed by atoms with Gasteiger partial charge in [0.2, 0.25) is 5.24 Å². The molecule has 1 N–H and O–H groups in total. The first-order valence-corrected chi connectivity index (χ1v) is 7.84. The molecule has 1 aliphatic carbocycles. The van der Waals surface area contributed by atoms with Gasteiger partial charge >= 0.3 is 0 Å². The second kappa shape index (κ2) is 10.1. The molecular weight excluding hydrogens is 294 g/mol. The molecule has 124 valence electrons. The fraction of sp³-hybridized carbons (Fsp3) is 0.867. The smallest absolute Gasteiger partial charge is 0.221 e. The molecule has 1 rings (SSSR count). The summed E-state index contributed by atoms with van der Waals surface area (Å²) in [5.41, 5.74) is 0. The van der Waals surface area contributed by atoms with Crippen molar-refractivity contribution in [3.8, 4) is 0 Å². The van der Waals surface area contributed by atoms with Gasteiger partial charge < -0.3 is 19.5 Å². The molecule has 0 aromatic rings. The predicted octanol–water partition coefficient (Wildman–Crippen LogP) is 0.916. The van der Waals surface area contributed by atoms with Crippen molar-refractivity contribution in [3.63, 3.8) is 0 Å². The van der Waals surface area contributed by atoms with E-state index in [0.717, 1.165) is 12.3 Å². The Kier molecular flexibility index (Phi) is 9.83. The van der Waals surface area contributed by atoms with Crippen LogP contribution in [-0.2, 0) is 9.59 Å². The van der Waals surface area contributed by atoms with E-state index in [1.54, 1.807) is 0 Å². The molecule has 0 heterocycles. The Morgan fingerprint density at radius 3 is 2.19 bits per heavy atom.